The van der Waals surface area contributed by atoms with Crippen molar-refractivity contribution in [3.63, 3.8) is 0 Å². The summed E-state index contributed by atoms with van der Waals surface area (Å²) in [6.07, 6.45) is 0.562. The van der Waals surface area contributed by atoms with E-state index in [4.69, 9.17) is 4.74 Å². The number of Topliss-reactive ketones (excluding diaryl/α,β-unsaturated/α-hetero) is 1. The van der Waals surface area contributed by atoms with Crippen LogP contribution in [0.5, 0.6) is 5.75 Å². The lowest BCUT2D eigenvalue weighted by atomic mass is 9.89. The van der Waals surface area contributed by atoms with E-state index in [1.54, 1.807) is 7.11 Å². The molecule has 2 aromatic rings. The van der Waals surface area contributed by atoms with E-state index in [1.807, 2.05) is 47.4 Å². The maximum Gasteiger partial charge on any atom is 0.223 e. The molecular weight excluding hydrogens is 400 g/mol. The first-order valence-electron chi connectivity index (χ1n) is 10.3. The Kier molecular flexibility index (Phi) is 7.16. The van der Waals surface area contributed by atoms with Gasteiger partial charge < -0.3 is 9.64 Å². The van der Waals surface area contributed by atoms with E-state index in [1.165, 1.54) is 5.56 Å². The van der Waals surface area contributed by atoms with Gasteiger partial charge in [0, 0.05) is 50.0 Å². The lowest BCUT2D eigenvalue weighted by Crippen LogP contribution is -2.33. The quantitative estimate of drug-likeness (QED) is 0.656. The number of hydrogen-bond donors (Lipinski definition) is 0. The van der Waals surface area contributed by atoms with Gasteiger partial charge in [-0.15, -0.1) is 12.4 Å². The molecule has 160 valence electrons. The van der Waals surface area contributed by atoms with Crippen molar-refractivity contribution in [2.24, 2.45) is 11.8 Å². The van der Waals surface area contributed by atoms with Crippen molar-refractivity contribution < 1.29 is 14.3 Å². The van der Waals surface area contributed by atoms with Gasteiger partial charge in [0.2, 0.25) is 5.91 Å². The molecule has 5 nitrogen and oxygen atoms in total. The average Bonchev–Trinajstić information content (AvgIpc) is 3.29. The van der Waals surface area contributed by atoms with Gasteiger partial charge in [0.1, 0.15) is 5.75 Å². The standard InChI is InChI=1S/C24H28N2O3.ClH/c1-25-14-19-15-26(23(28)13-12-22(27)17-6-4-3-5-7-17)16-21(19)24(25)18-8-10-20(29-2)11-9-18;/h3-11,19,21,24H,12-16H2,1-2H3;1H/t19-,21+,24-;/m0./s1. The number of ketones is 1. The maximum absolute atomic E-state index is 12.8. The minimum atomic E-state index is 0. The molecule has 2 aliphatic heterocycles. The molecule has 3 atom stereocenters. The van der Waals surface area contributed by atoms with E-state index in [9.17, 15) is 9.59 Å². The molecule has 0 saturated carbocycles. The third-order valence-electron chi connectivity index (χ3n) is 6.37. The molecule has 2 aromatic carbocycles. The number of fused-ring (bicyclic) bond motifs is 1. The summed E-state index contributed by atoms with van der Waals surface area (Å²) < 4.78 is 5.28. The van der Waals surface area contributed by atoms with Crippen LogP contribution in [0.3, 0.4) is 0 Å². The minimum Gasteiger partial charge on any atom is -0.497 e. The molecule has 0 aliphatic carbocycles. The average molecular weight is 429 g/mol. The first kappa shape index (κ1) is 22.3. The number of likely N-dealkylation sites (tertiary alicyclic amines) is 2. The number of carbonyl (C=O) groups excluding carboxylic acids is 2. The Bertz CT molecular complexity index is 872. The van der Waals surface area contributed by atoms with Crippen molar-refractivity contribution in [2.45, 2.75) is 18.9 Å². The summed E-state index contributed by atoms with van der Waals surface area (Å²) in [7, 11) is 3.84. The second kappa shape index (κ2) is 9.63. The molecule has 0 N–H and O–H groups in total. The SMILES string of the molecule is COc1ccc([C@H]2[C@@H]3CN(C(=O)CCC(=O)c4ccccc4)C[C@@H]3CN2C)cc1.Cl. The Morgan fingerprint density at radius 1 is 0.967 bits per heavy atom. The lowest BCUT2D eigenvalue weighted by molar-refractivity contribution is -0.130. The number of amides is 1. The van der Waals surface area contributed by atoms with Crippen LogP contribution in [0, 0.1) is 11.8 Å². The highest BCUT2D eigenvalue weighted by Gasteiger charge is 2.47. The van der Waals surface area contributed by atoms with Crippen LogP contribution in [0.4, 0.5) is 0 Å². The molecule has 4 rings (SSSR count). The number of ether oxygens (including phenoxy) is 1. The van der Waals surface area contributed by atoms with Crippen LogP contribution in [0.15, 0.2) is 54.6 Å². The Balaban J connectivity index is 0.00000256. The predicted molar refractivity (Wildman–Crippen MR) is 119 cm³/mol. The fraction of sp³-hybridized carbons (Fsp3) is 0.417. The summed E-state index contributed by atoms with van der Waals surface area (Å²) in [4.78, 5) is 29.4. The minimum absolute atomic E-state index is 0. The third-order valence-corrected chi connectivity index (χ3v) is 6.37. The summed E-state index contributed by atoms with van der Waals surface area (Å²) in [5, 5.41) is 0. The number of carbonyl (C=O) groups is 2. The molecule has 0 bridgehead atoms. The fourth-order valence-electron chi connectivity index (χ4n) is 4.91. The molecule has 0 radical (unpaired) electrons. The van der Waals surface area contributed by atoms with Crippen LogP contribution in [-0.2, 0) is 4.79 Å². The highest BCUT2D eigenvalue weighted by Crippen LogP contribution is 2.44. The van der Waals surface area contributed by atoms with Crippen molar-refractivity contribution in [1.29, 1.82) is 0 Å². The van der Waals surface area contributed by atoms with Crippen molar-refractivity contribution >= 4 is 24.1 Å². The Hall–Kier alpha value is -2.37. The van der Waals surface area contributed by atoms with Gasteiger partial charge in [-0.3, -0.25) is 14.5 Å². The number of halogens is 1. The van der Waals surface area contributed by atoms with Crippen molar-refractivity contribution in [1.82, 2.24) is 9.80 Å². The Morgan fingerprint density at radius 3 is 2.33 bits per heavy atom. The third kappa shape index (κ3) is 4.52. The van der Waals surface area contributed by atoms with Gasteiger partial charge >= 0.3 is 0 Å². The second-order valence-corrected chi connectivity index (χ2v) is 8.17. The van der Waals surface area contributed by atoms with Crippen LogP contribution in [0.2, 0.25) is 0 Å². The topological polar surface area (TPSA) is 49.9 Å². The van der Waals surface area contributed by atoms with E-state index < -0.39 is 0 Å². The smallest absolute Gasteiger partial charge is 0.223 e. The first-order valence-corrected chi connectivity index (χ1v) is 10.3. The summed E-state index contributed by atoms with van der Waals surface area (Å²) in [5.41, 5.74) is 1.95. The molecule has 2 fully saturated rings. The van der Waals surface area contributed by atoms with Gasteiger partial charge in [0.05, 0.1) is 7.11 Å². The van der Waals surface area contributed by atoms with Gasteiger partial charge in [-0.1, -0.05) is 42.5 Å². The van der Waals surface area contributed by atoms with Gasteiger partial charge in [-0.25, -0.2) is 0 Å². The van der Waals surface area contributed by atoms with Crippen LogP contribution in [0.1, 0.15) is 34.8 Å². The summed E-state index contributed by atoms with van der Waals surface area (Å²) >= 11 is 0. The largest absolute Gasteiger partial charge is 0.497 e. The summed E-state index contributed by atoms with van der Waals surface area (Å²) in [5.74, 6) is 1.91. The zero-order valence-electron chi connectivity index (χ0n) is 17.5. The van der Waals surface area contributed by atoms with Gasteiger partial charge in [0.15, 0.2) is 5.78 Å². The molecule has 2 heterocycles. The molecule has 1 amide bonds. The highest BCUT2D eigenvalue weighted by atomic mass is 35.5. The van der Waals surface area contributed by atoms with Gasteiger partial charge in [-0.05, 0) is 30.7 Å². The fourth-order valence-corrected chi connectivity index (χ4v) is 4.91. The van der Waals surface area contributed by atoms with Gasteiger partial charge in [0.25, 0.3) is 0 Å². The summed E-state index contributed by atoms with van der Waals surface area (Å²) in [6.45, 7) is 2.55. The zero-order chi connectivity index (χ0) is 20.4. The van der Waals surface area contributed by atoms with Gasteiger partial charge in [-0.2, -0.15) is 0 Å². The van der Waals surface area contributed by atoms with E-state index in [-0.39, 0.29) is 36.9 Å². The first-order chi connectivity index (χ1) is 14.1. The Morgan fingerprint density at radius 2 is 1.67 bits per heavy atom. The van der Waals surface area contributed by atoms with E-state index in [0.29, 0.717) is 23.4 Å². The monoisotopic (exact) mass is 428 g/mol. The van der Waals surface area contributed by atoms with Crippen LogP contribution < -0.4 is 4.74 Å². The van der Waals surface area contributed by atoms with E-state index in [2.05, 4.69) is 24.1 Å². The molecule has 0 unspecified atom stereocenters. The molecule has 30 heavy (non-hydrogen) atoms. The van der Waals surface area contributed by atoms with Crippen LogP contribution >= 0.6 is 12.4 Å². The molecule has 2 saturated heterocycles. The van der Waals surface area contributed by atoms with Crippen LogP contribution in [-0.4, -0.2) is 55.3 Å². The van der Waals surface area contributed by atoms with Crippen LogP contribution in [0.25, 0.3) is 0 Å². The van der Waals surface area contributed by atoms with E-state index >= 15 is 0 Å². The molecule has 2 aliphatic rings. The molecule has 0 aromatic heterocycles. The van der Waals surface area contributed by atoms with Crippen molar-refractivity contribution in [3.8, 4) is 5.75 Å². The highest BCUT2D eigenvalue weighted by molar-refractivity contribution is 5.97. The number of benzene rings is 2. The maximum atomic E-state index is 12.8. The normalized spacial score (nSPS) is 23.0. The number of methoxy groups -OCH3 is 1. The number of rotatable bonds is 6. The second-order valence-electron chi connectivity index (χ2n) is 8.17. The van der Waals surface area contributed by atoms with Crippen molar-refractivity contribution in [2.75, 3.05) is 33.8 Å². The zero-order valence-corrected chi connectivity index (χ0v) is 18.3. The Labute approximate surface area is 184 Å². The predicted octanol–water partition coefficient (Wildman–Crippen LogP) is 3.84. The van der Waals surface area contributed by atoms with E-state index in [0.717, 1.165) is 25.4 Å². The van der Waals surface area contributed by atoms with Crippen molar-refractivity contribution in [3.05, 3.63) is 65.7 Å². The lowest BCUT2D eigenvalue weighted by Gasteiger charge is -2.27. The summed E-state index contributed by atoms with van der Waals surface area (Å²) in [6, 6.07) is 17.8. The number of hydrogen-bond acceptors (Lipinski definition) is 4. The molecule has 0 spiro atoms. The molecule has 6 heteroatoms. The number of nitrogens with zero attached hydrogens (tertiary/aromatic N) is 2. The molecular formula is C24H29ClN2O3.